The van der Waals surface area contributed by atoms with Crippen molar-refractivity contribution in [3.8, 4) is 0 Å². The van der Waals surface area contributed by atoms with E-state index in [0.717, 1.165) is 11.1 Å². The molecule has 1 aliphatic rings. The zero-order valence-corrected chi connectivity index (χ0v) is 15.1. The van der Waals surface area contributed by atoms with Crippen LogP contribution in [0, 0.1) is 0 Å². The van der Waals surface area contributed by atoms with Crippen LogP contribution >= 0.6 is 0 Å². The molecule has 0 spiro atoms. The molecule has 138 valence electrons. The molecule has 1 heterocycles. The Morgan fingerprint density at radius 3 is 2.23 bits per heavy atom. The maximum absolute atomic E-state index is 13.1. The molecular formula is C19H21NO5S. The van der Waals surface area contributed by atoms with Gasteiger partial charge in [-0.15, -0.1) is 0 Å². The molecular weight excluding hydrogens is 354 g/mol. The molecule has 0 bridgehead atoms. The fraction of sp³-hybridized carbons (Fsp3) is 0.316. The Balaban J connectivity index is 1.85. The molecule has 3 rings (SSSR count). The molecule has 1 saturated heterocycles. The molecule has 1 amide bonds. The lowest BCUT2D eigenvalue weighted by Gasteiger charge is -2.30. The van der Waals surface area contributed by atoms with Crippen LogP contribution in [0.5, 0.6) is 0 Å². The van der Waals surface area contributed by atoms with Crippen molar-refractivity contribution in [2.75, 3.05) is 26.3 Å². The van der Waals surface area contributed by atoms with E-state index in [-0.39, 0.29) is 16.7 Å². The van der Waals surface area contributed by atoms with Crippen LogP contribution in [-0.2, 0) is 26.1 Å². The fourth-order valence-corrected chi connectivity index (χ4v) is 3.55. The van der Waals surface area contributed by atoms with E-state index in [9.17, 15) is 13.2 Å². The highest BCUT2D eigenvalue weighted by atomic mass is 32.2. The Kier molecular flexibility index (Phi) is 5.70. The highest BCUT2D eigenvalue weighted by Crippen LogP contribution is 2.25. The predicted molar refractivity (Wildman–Crippen MR) is 96.5 cm³/mol. The number of carbonyl (C=O) groups excluding carboxylic acids is 1. The third-order valence-electron chi connectivity index (χ3n) is 4.48. The lowest BCUT2D eigenvalue weighted by molar-refractivity contribution is -0.136. The minimum absolute atomic E-state index is 0.0401. The number of rotatable bonds is 5. The van der Waals surface area contributed by atoms with Crippen LogP contribution in [0.4, 0.5) is 0 Å². The minimum atomic E-state index is -4.22. The van der Waals surface area contributed by atoms with Crippen LogP contribution in [0.1, 0.15) is 17.0 Å². The van der Waals surface area contributed by atoms with Crippen molar-refractivity contribution >= 4 is 16.0 Å². The molecule has 0 unspecified atom stereocenters. The van der Waals surface area contributed by atoms with Crippen LogP contribution in [0.15, 0.2) is 59.5 Å². The summed E-state index contributed by atoms with van der Waals surface area (Å²) in [6.45, 7) is 2.22. The molecule has 1 atom stereocenters. The largest absolute Gasteiger partial charge is 0.378 e. The molecule has 0 aromatic heterocycles. The number of hydrogen-bond donors (Lipinski definition) is 1. The summed E-state index contributed by atoms with van der Waals surface area (Å²) in [5, 5.41) is 0. The summed E-state index contributed by atoms with van der Waals surface area (Å²) in [4.78, 5) is 14.7. The number of benzene rings is 2. The fourth-order valence-electron chi connectivity index (χ4n) is 3.07. The molecule has 0 aliphatic carbocycles. The van der Waals surface area contributed by atoms with Gasteiger partial charge in [-0.25, -0.2) is 0 Å². The van der Waals surface area contributed by atoms with Gasteiger partial charge in [-0.2, -0.15) is 8.42 Å². The summed E-state index contributed by atoms with van der Waals surface area (Å²) in [5.41, 5.74) is 1.75. The molecule has 2 aromatic carbocycles. The molecule has 6 nitrogen and oxygen atoms in total. The normalized spacial score (nSPS) is 16.3. The van der Waals surface area contributed by atoms with Crippen molar-refractivity contribution in [1.82, 2.24) is 4.90 Å². The van der Waals surface area contributed by atoms with Crippen LogP contribution < -0.4 is 0 Å². The highest BCUT2D eigenvalue weighted by Gasteiger charge is 2.27. The Morgan fingerprint density at radius 1 is 1.04 bits per heavy atom. The van der Waals surface area contributed by atoms with Gasteiger partial charge in [0.25, 0.3) is 10.1 Å². The van der Waals surface area contributed by atoms with E-state index in [4.69, 9.17) is 9.29 Å². The SMILES string of the molecule is O=C([C@@H](Cc1ccc(S(=O)(=O)O)cc1)c1ccccc1)N1CCOCC1. The van der Waals surface area contributed by atoms with Gasteiger partial charge in [0.15, 0.2) is 0 Å². The first-order valence-corrected chi connectivity index (χ1v) is 9.87. The smallest absolute Gasteiger partial charge is 0.294 e. The second kappa shape index (κ2) is 7.99. The Labute approximate surface area is 153 Å². The number of morpholine rings is 1. The standard InChI is InChI=1S/C19H21NO5S/c21-19(20-10-12-25-13-11-20)18(16-4-2-1-3-5-16)14-15-6-8-17(9-7-15)26(22,23)24/h1-9,18H,10-14H2,(H,22,23,24)/t18-/m0/s1. The summed E-state index contributed by atoms with van der Waals surface area (Å²) < 4.78 is 36.8. The number of amides is 1. The van der Waals surface area contributed by atoms with Crippen molar-refractivity contribution in [2.45, 2.75) is 17.2 Å². The zero-order chi connectivity index (χ0) is 18.6. The maximum atomic E-state index is 13.1. The third kappa shape index (κ3) is 4.49. The van der Waals surface area contributed by atoms with Crippen LogP contribution in [0.25, 0.3) is 0 Å². The first-order valence-electron chi connectivity index (χ1n) is 8.43. The van der Waals surface area contributed by atoms with Crippen molar-refractivity contribution in [1.29, 1.82) is 0 Å². The molecule has 1 N–H and O–H groups in total. The molecule has 0 radical (unpaired) electrons. The van der Waals surface area contributed by atoms with Gasteiger partial charge in [-0.3, -0.25) is 9.35 Å². The van der Waals surface area contributed by atoms with Gasteiger partial charge in [-0.05, 0) is 29.7 Å². The summed E-state index contributed by atoms with van der Waals surface area (Å²) in [6, 6.07) is 15.5. The van der Waals surface area contributed by atoms with Gasteiger partial charge in [-0.1, -0.05) is 42.5 Å². The van der Waals surface area contributed by atoms with Crippen LogP contribution in [-0.4, -0.2) is 50.1 Å². The average Bonchev–Trinajstić information content (AvgIpc) is 2.66. The van der Waals surface area contributed by atoms with E-state index in [1.807, 2.05) is 35.2 Å². The first kappa shape index (κ1) is 18.6. The average molecular weight is 375 g/mol. The molecule has 1 fully saturated rings. The minimum Gasteiger partial charge on any atom is -0.378 e. The number of carbonyl (C=O) groups is 1. The highest BCUT2D eigenvalue weighted by molar-refractivity contribution is 7.85. The van der Waals surface area contributed by atoms with Gasteiger partial charge >= 0.3 is 0 Å². The van der Waals surface area contributed by atoms with Crippen molar-refractivity contribution < 1.29 is 22.5 Å². The molecule has 26 heavy (non-hydrogen) atoms. The van der Waals surface area contributed by atoms with Crippen LogP contribution in [0.3, 0.4) is 0 Å². The third-order valence-corrected chi connectivity index (χ3v) is 5.35. The van der Waals surface area contributed by atoms with E-state index >= 15 is 0 Å². The second-order valence-electron chi connectivity index (χ2n) is 6.22. The van der Waals surface area contributed by atoms with Gasteiger partial charge in [0, 0.05) is 13.1 Å². The van der Waals surface area contributed by atoms with Gasteiger partial charge in [0.1, 0.15) is 0 Å². The molecule has 1 aliphatic heterocycles. The lowest BCUT2D eigenvalue weighted by Crippen LogP contribution is -2.43. The molecule has 2 aromatic rings. The van der Waals surface area contributed by atoms with Crippen molar-refractivity contribution in [2.24, 2.45) is 0 Å². The summed E-state index contributed by atoms with van der Waals surface area (Å²) in [6.07, 6.45) is 0.450. The molecule has 0 saturated carbocycles. The zero-order valence-electron chi connectivity index (χ0n) is 14.2. The lowest BCUT2D eigenvalue weighted by atomic mass is 9.90. The van der Waals surface area contributed by atoms with E-state index < -0.39 is 10.1 Å². The quantitative estimate of drug-likeness (QED) is 0.810. The van der Waals surface area contributed by atoms with E-state index in [2.05, 4.69) is 0 Å². The summed E-state index contributed by atoms with van der Waals surface area (Å²) in [7, 11) is -4.22. The second-order valence-corrected chi connectivity index (χ2v) is 7.65. The predicted octanol–water partition coefficient (Wildman–Crippen LogP) is 2.12. The monoisotopic (exact) mass is 375 g/mol. The number of ether oxygens (including phenoxy) is 1. The van der Waals surface area contributed by atoms with Gasteiger partial charge < -0.3 is 9.64 Å². The topological polar surface area (TPSA) is 83.9 Å². The summed E-state index contributed by atoms with van der Waals surface area (Å²) >= 11 is 0. The summed E-state index contributed by atoms with van der Waals surface area (Å²) in [5.74, 6) is -0.316. The van der Waals surface area contributed by atoms with Gasteiger partial charge in [0.2, 0.25) is 5.91 Å². The maximum Gasteiger partial charge on any atom is 0.294 e. The first-order chi connectivity index (χ1) is 12.4. The van der Waals surface area contributed by atoms with Crippen LogP contribution in [0.2, 0.25) is 0 Å². The van der Waals surface area contributed by atoms with E-state index in [1.54, 1.807) is 12.1 Å². The Bertz CT molecular complexity index is 843. The number of hydrogen-bond acceptors (Lipinski definition) is 4. The van der Waals surface area contributed by atoms with Crippen molar-refractivity contribution in [3.05, 3.63) is 65.7 Å². The van der Waals surface area contributed by atoms with Crippen molar-refractivity contribution in [3.63, 3.8) is 0 Å². The molecule has 7 heteroatoms. The number of nitrogens with zero attached hydrogens (tertiary/aromatic N) is 1. The van der Waals surface area contributed by atoms with E-state index in [0.29, 0.717) is 32.7 Å². The Hall–Kier alpha value is -2.22. The van der Waals surface area contributed by atoms with Gasteiger partial charge in [0.05, 0.1) is 24.0 Å². The van der Waals surface area contributed by atoms with E-state index in [1.165, 1.54) is 12.1 Å². The Morgan fingerprint density at radius 2 is 1.65 bits per heavy atom.